The van der Waals surface area contributed by atoms with Gasteiger partial charge in [0.25, 0.3) is 5.69 Å². The Balaban J connectivity index is 2.09. The van der Waals surface area contributed by atoms with Crippen molar-refractivity contribution in [1.29, 1.82) is 0 Å². The molecule has 6 nitrogen and oxygen atoms in total. The summed E-state index contributed by atoms with van der Waals surface area (Å²) >= 11 is 1.40. The molecule has 0 aliphatic heterocycles. The van der Waals surface area contributed by atoms with Gasteiger partial charge in [-0.3, -0.25) is 14.9 Å². The predicted octanol–water partition coefficient (Wildman–Crippen LogP) is 2.23. The third kappa shape index (κ3) is 2.89. The minimum atomic E-state index is -0.529. The number of para-hydroxylation sites is 2. The molecule has 0 saturated carbocycles. The van der Waals surface area contributed by atoms with E-state index in [9.17, 15) is 14.9 Å². The summed E-state index contributed by atoms with van der Waals surface area (Å²) in [6.07, 6.45) is 0.107. The van der Waals surface area contributed by atoms with E-state index in [0.29, 0.717) is 5.69 Å². The molecule has 0 atom stereocenters. The molecule has 0 unspecified atom stereocenters. The van der Waals surface area contributed by atoms with Crippen LogP contribution in [-0.4, -0.2) is 15.8 Å². The molecule has 0 aliphatic rings. The molecule has 0 aliphatic carbocycles. The van der Waals surface area contributed by atoms with E-state index >= 15 is 0 Å². The van der Waals surface area contributed by atoms with Gasteiger partial charge in [-0.05, 0) is 6.07 Å². The van der Waals surface area contributed by atoms with Gasteiger partial charge >= 0.3 is 0 Å². The molecule has 0 bridgehead atoms. The molecular weight excluding hydrogens is 254 g/mol. The SMILES string of the molecule is O=C(Cc1cscn1)Nc1ccccc1[N+](=O)[O-]. The molecule has 1 aromatic heterocycles. The lowest BCUT2D eigenvalue weighted by atomic mass is 10.2. The van der Waals surface area contributed by atoms with Crippen molar-refractivity contribution in [1.82, 2.24) is 4.98 Å². The van der Waals surface area contributed by atoms with Crippen LogP contribution in [0.4, 0.5) is 11.4 Å². The van der Waals surface area contributed by atoms with E-state index in [-0.39, 0.29) is 23.7 Å². The molecule has 1 heterocycles. The molecule has 0 spiro atoms. The van der Waals surface area contributed by atoms with Crippen molar-refractivity contribution in [3.05, 3.63) is 51.0 Å². The Hall–Kier alpha value is -2.28. The first kappa shape index (κ1) is 12.2. The number of carbonyl (C=O) groups is 1. The van der Waals surface area contributed by atoms with Crippen LogP contribution < -0.4 is 5.32 Å². The van der Waals surface area contributed by atoms with Crippen molar-refractivity contribution < 1.29 is 9.72 Å². The maximum Gasteiger partial charge on any atom is 0.292 e. The minimum absolute atomic E-state index is 0.107. The van der Waals surface area contributed by atoms with Crippen molar-refractivity contribution in [3.8, 4) is 0 Å². The molecule has 18 heavy (non-hydrogen) atoms. The van der Waals surface area contributed by atoms with Crippen LogP contribution >= 0.6 is 11.3 Å². The van der Waals surface area contributed by atoms with Crippen molar-refractivity contribution in [2.75, 3.05) is 5.32 Å². The number of anilines is 1. The largest absolute Gasteiger partial charge is 0.320 e. The van der Waals surface area contributed by atoms with Crippen LogP contribution in [0, 0.1) is 10.1 Å². The second-order valence-electron chi connectivity index (χ2n) is 3.48. The topological polar surface area (TPSA) is 85.1 Å². The number of benzene rings is 1. The molecule has 2 rings (SSSR count). The molecule has 1 aromatic carbocycles. The van der Waals surface area contributed by atoms with E-state index in [1.54, 1.807) is 23.0 Å². The van der Waals surface area contributed by atoms with Crippen LogP contribution in [0.5, 0.6) is 0 Å². The zero-order valence-corrected chi connectivity index (χ0v) is 10.0. The lowest BCUT2D eigenvalue weighted by Gasteiger charge is -2.04. The number of hydrogen-bond donors (Lipinski definition) is 1. The fourth-order valence-corrected chi connectivity index (χ4v) is 1.98. The Morgan fingerprint density at radius 3 is 2.89 bits per heavy atom. The summed E-state index contributed by atoms with van der Waals surface area (Å²) in [5.74, 6) is -0.324. The van der Waals surface area contributed by atoms with Gasteiger partial charge in [-0.1, -0.05) is 12.1 Å². The normalized spacial score (nSPS) is 10.0. The maximum atomic E-state index is 11.7. The third-order valence-electron chi connectivity index (χ3n) is 2.20. The Morgan fingerprint density at radius 1 is 1.44 bits per heavy atom. The Bertz CT molecular complexity index is 569. The molecule has 1 amide bonds. The number of rotatable bonds is 4. The average molecular weight is 263 g/mol. The molecule has 2 aromatic rings. The van der Waals surface area contributed by atoms with E-state index in [2.05, 4.69) is 10.3 Å². The highest BCUT2D eigenvalue weighted by molar-refractivity contribution is 7.07. The molecule has 92 valence electrons. The van der Waals surface area contributed by atoms with Gasteiger partial charge in [0.15, 0.2) is 0 Å². The number of nitrogens with one attached hydrogen (secondary N) is 1. The smallest absolute Gasteiger partial charge is 0.292 e. The van der Waals surface area contributed by atoms with Gasteiger partial charge in [-0.2, -0.15) is 0 Å². The summed E-state index contributed by atoms with van der Waals surface area (Å²) in [5.41, 5.74) is 2.36. The number of hydrogen-bond acceptors (Lipinski definition) is 5. The Labute approximate surface area is 106 Å². The standard InChI is InChI=1S/C11H9N3O3S/c15-11(5-8-6-18-7-12-8)13-9-3-1-2-4-10(9)14(16)17/h1-4,6-7H,5H2,(H,13,15). The van der Waals surface area contributed by atoms with Gasteiger partial charge in [0, 0.05) is 11.4 Å². The molecule has 1 N–H and O–H groups in total. The summed E-state index contributed by atoms with van der Waals surface area (Å²) in [6, 6.07) is 6.02. The van der Waals surface area contributed by atoms with E-state index in [1.807, 2.05) is 0 Å². The lowest BCUT2D eigenvalue weighted by molar-refractivity contribution is -0.383. The fourth-order valence-electron chi connectivity index (χ4n) is 1.42. The van der Waals surface area contributed by atoms with Gasteiger partial charge in [0.1, 0.15) is 5.69 Å². The highest BCUT2D eigenvalue weighted by Crippen LogP contribution is 2.23. The van der Waals surface area contributed by atoms with Crippen molar-refractivity contribution >= 4 is 28.6 Å². The van der Waals surface area contributed by atoms with Gasteiger partial charge in [0.2, 0.25) is 5.91 Å². The number of nitro groups is 1. The first-order valence-corrected chi connectivity index (χ1v) is 6.01. The fraction of sp³-hybridized carbons (Fsp3) is 0.0909. The summed E-state index contributed by atoms with van der Waals surface area (Å²) < 4.78 is 0. The Morgan fingerprint density at radius 2 is 2.22 bits per heavy atom. The van der Waals surface area contributed by atoms with Crippen LogP contribution in [0.1, 0.15) is 5.69 Å². The summed E-state index contributed by atoms with van der Waals surface area (Å²) in [4.78, 5) is 25.9. The molecule has 7 heteroatoms. The zero-order chi connectivity index (χ0) is 13.0. The minimum Gasteiger partial charge on any atom is -0.320 e. The summed E-state index contributed by atoms with van der Waals surface area (Å²) in [7, 11) is 0. The van der Waals surface area contributed by atoms with E-state index in [4.69, 9.17) is 0 Å². The van der Waals surface area contributed by atoms with Crippen LogP contribution in [-0.2, 0) is 11.2 Å². The van der Waals surface area contributed by atoms with Crippen LogP contribution in [0.3, 0.4) is 0 Å². The predicted molar refractivity (Wildman–Crippen MR) is 67.5 cm³/mol. The average Bonchev–Trinajstić information content (AvgIpc) is 2.82. The first-order valence-electron chi connectivity index (χ1n) is 5.07. The molecule has 0 fully saturated rings. The summed E-state index contributed by atoms with van der Waals surface area (Å²) in [5, 5.41) is 15.0. The lowest BCUT2D eigenvalue weighted by Crippen LogP contribution is -2.15. The third-order valence-corrected chi connectivity index (χ3v) is 2.84. The van der Waals surface area contributed by atoms with Crippen LogP contribution in [0.2, 0.25) is 0 Å². The summed E-state index contributed by atoms with van der Waals surface area (Å²) in [6.45, 7) is 0. The highest BCUT2D eigenvalue weighted by Gasteiger charge is 2.15. The van der Waals surface area contributed by atoms with Crippen LogP contribution in [0.25, 0.3) is 0 Å². The first-order chi connectivity index (χ1) is 8.66. The quantitative estimate of drug-likeness (QED) is 0.677. The van der Waals surface area contributed by atoms with Gasteiger partial charge < -0.3 is 5.32 Å². The monoisotopic (exact) mass is 263 g/mol. The van der Waals surface area contributed by atoms with Crippen molar-refractivity contribution in [2.24, 2.45) is 0 Å². The molecular formula is C11H9N3O3S. The van der Waals surface area contributed by atoms with E-state index in [0.717, 1.165) is 0 Å². The second-order valence-corrected chi connectivity index (χ2v) is 4.20. The molecule has 0 saturated heterocycles. The van der Waals surface area contributed by atoms with Crippen molar-refractivity contribution in [3.63, 3.8) is 0 Å². The van der Waals surface area contributed by atoms with Gasteiger partial charge in [-0.25, -0.2) is 4.98 Å². The number of nitro benzene ring substituents is 1. The number of aromatic nitrogens is 1. The van der Waals surface area contributed by atoms with Gasteiger partial charge in [0.05, 0.1) is 22.5 Å². The number of carbonyl (C=O) groups excluding carboxylic acids is 1. The maximum absolute atomic E-state index is 11.7. The van der Waals surface area contributed by atoms with E-state index < -0.39 is 4.92 Å². The number of nitrogens with zero attached hydrogens (tertiary/aromatic N) is 2. The van der Waals surface area contributed by atoms with Crippen molar-refractivity contribution in [2.45, 2.75) is 6.42 Å². The van der Waals surface area contributed by atoms with Crippen LogP contribution in [0.15, 0.2) is 35.2 Å². The number of amides is 1. The van der Waals surface area contributed by atoms with E-state index in [1.165, 1.54) is 23.5 Å². The number of thiazole rings is 1. The highest BCUT2D eigenvalue weighted by atomic mass is 32.1. The molecule has 0 radical (unpaired) electrons. The Kier molecular flexibility index (Phi) is 3.63. The second kappa shape index (κ2) is 5.37. The van der Waals surface area contributed by atoms with Gasteiger partial charge in [-0.15, -0.1) is 11.3 Å². The zero-order valence-electron chi connectivity index (χ0n) is 9.20.